The summed E-state index contributed by atoms with van der Waals surface area (Å²) >= 11 is 0. The smallest absolute Gasteiger partial charge is 0.237 e. The van der Waals surface area contributed by atoms with Crippen molar-refractivity contribution in [2.24, 2.45) is 0 Å². The molecule has 0 spiro atoms. The van der Waals surface area contributed by atoms with Crippen LogP contribution >= 0.6 is 0 Å². The van der Waals surface area contributed by atoms with Crippen LogP contribution in [0.2, 0.25) is 0 Å². The molecule has 2 atom stereocenters. The van der Waals surface area contributed by atoms with Crippen molar-refractivity contribution in [3.63, 3.8) is 0 Å². The molecule has 0 radical (unpaired) electrons. The zero-order valence-electron chi connectivity index (χ0n) is 23.5. The van der Waals surface area contributed by atoms with Crippen molar-refractivity contribution < 1.29 is 19.4 Å². The van der Waals surface area contributed by atoms with Gasteiger partial charge in [-0.3, -0.25) is 9.69 Å². The highest BCUT2D eigenvalue weighted by Crippen LogP contribution is 2.30. The number of rotatable bonds is 2. The Bertz CT molecular complexity index is 1380. The van der Waals surface area contributed by atoms with Crippen LogP contribution in [-0.4, -0.2) is 91.1 Å². The maximum Gasteiger partial charge on any atom is 0.237 e. The van der Waals surface area contributed by atoms with Crippen LogP contribution < -0.4 is 20.3 Å². The number of aliphatic hydroxyl groups excluding tert-OH is 1. The number of methoxy groups -OCH3 is 1. The number of anilines is 1. The number of carbonyl (C=O) groups excluding carboxylic acids is 1. The Labute approximate surface area is 240 Å². The van der Waals surface area contributed by atoms with Crippen molar-refractivity contribution in [2.75, 3.05) is 57.9 Å². The molecule has 2 aromatic carbocycles. The Kier molecular flexibility index (Phi) is 8.43. The van der Waals surface area contributed by atoms with Crippen LogP contribution in [0, 0.1) is 0 Å². The van der Waals surface area contributed by atoms with Gasteiger partial charge in [0.1, 0.15) is 11.6 Å². The zero-order valence-corrected chi connectivity index (χ0v) is 23.5. The topological polar surface area (TPSA) is 112 Å². The Morgan fingerprint density at radius 1 is 1.07 bits per heavy atom. The molecule has 3 N–H and O–H groups in total. The molecule has 3 aliphatic heterocycles. The lowest BCUT2D eigenvalue weighted by molar-refractivity contribution is -0.125. The van der Waals surface area contributed by atoms with Gasteiger partial charge in [0.2, 0.25) is 5.91 Å². The normalized spacial score (nSPS) is 22.2. The van der Waals surface area contributed by atoms with E-state index in [4.69, 9.17) is 14.5 Å². The number of morpholine rings is 1. The van der Waals surface area contributed by atoms with E-state index in [1.807, 2.05) is 24.4 Å². The van der Waals surface area contributed by atoms with E-state index in [0.717, 1.165) is 58.3 Å². The highest BCUT2D eigenvalue weighted by Gasteiger charge is 2.36. The average molecular weight is 559 g/mol. The summed E-state index contributed by atoms with van der Waals surface area (Å²) in [5.74, 6) is 1.50. The van der Waals surface area contributed by atoms with Gasteiger partial charge < -0.3 is 30.1 Å². The Morgan fingerprint density at radius 3 is 2.80 bits per heavy atom. The summed E-state index contributed by atoms with van der Waals surface area (Å²) in [5.41, 5.74) is 6.26. The summed E-state index contributed by atoms with van der Waals surface area (Å²) < 4.78 is 11.2. The molecule has 1 aromatic heterocycles. The van der Waals surface area contributed by atoms with Gasteiger partial charge in [-0.1, -0.05) is 12.1 Å². The largest absolute Gasteiger partial charge is 0.496 e. The highest BCUT2D eigenvalue weighted by atomic mass is 16.5. The molecule has 0 saturated carbocycles. The predicted molar refractivity (Wildman–Crippen MR) is 156 cm³/mol. The van der Waals surface area contributed by atoms with Crippen molar-refractivity contribution in [3.8, 4) is 17.0 Å². The number of aromatic nitrogens is 2. The SMILES string of the molecule is COc1ccc2cc1CNCCNC(=O)[C@@H]1C[C@@H](O)CN1Cc1cc(ccc1N1CCOCC1)Cc1nccc-2n1. The molecular weight excluding hydrogens is 520 g/mol. The van der Waals surface area contributed by atoms with E-state index in [9.17, 15) is 9.90 Å². The van der Waals surface area contributed by atoms with Gasteiger partial charge in [0.25, 0.3) is 0 Å². The number of nitrogens with zero attached hydrogens (tertiary/aromatic N) is 4. The van der Waals surface area contributed by atoms with E-state index < -0.39 is 6.10 Å². The molecule has 4 heterocycles. The van der Waals surface area contributed by atoms with Gasteiger partial charge in [0.15, 0.2) is 0 Å². The minimum Gasteiger partial charge on any atom is -0.496 e. The van der Waals surface area contributed by atoms with E-state index in [1.165, 1.54) is 0 Å². The van der Waals surface area contributed by atoms with Gasteiger partial charge in [0.05, 0.1) is 38.2 Å². The first-order valence-electron chi connectivity index (χ1n) is 14.4. The molecule has 6 bridgehead atoms. The van der Waals surface area contributed by atoms with Gasteiger partial charge in [-0.05, 0) is 47.9 Å². The minimum absolute atomic E-state index is 0.0469. The fraction of sp³-hybridized carbons (Fsp3) is 0.452. The quantitative estimate of drug-likeness (QED) is 0.433. The molecule has 2 saturated heterocycles. The van der Waals surface area contributed by atoms with Crippen LogP contribution in [-0.2, 0) is 29.0 Å². The van der Waals surface area contributed by atoms with Gasteiger partial charge in [-0.25, -0.2) is 9.97 Å². The molecule has 41 heavy (non-hydrogen) atoms. The summed E-state index contributed by atoms with van der Waals surface area (Å²) in [5, 5.41) is 17.1. The third kappa shape index (κ3) is 6.36. The molecule has 216 valence electrons. The van der Waals surface area contributed by atoms with Crippen LogP contribution in [0.5, 0.6) is 5.75 Å². The lowest BCUT2D eigenvalue weighted by Gasteiger charge is -2.32. The van der Waals surface area contributed by atoms with Crippen molar-refractivity contribution >= 4 is 11.6 Å². The summed E-state index contributed by atoms with van der Waals surface area (Å²) in [6, 6.07) is 14.2. The van der Waals surface area contributed by atoms with Crippen molar-refractivity contribution in [1.29, 1.82) is 0 Å². The van der Waals surface area contributed by atoms with E-state index in [-0.39, 0.29) is 11.9 Å². The third-order valence-electron chi connectivity index (χ3n) is 8.11. The second-order valence-electron chi connectivity index (χ2n) is 10.9. The number of hydrogen-bond donors (Lipinski definition) is 3. The van der Waals surface area contributed by atoms with Gasteiger partial charge in [-0.2, -0.15) is 0 Å². The van der Waals surface area contributed by atoms with Gasteiger partial charge in [0, 0.05) is 75.2 Å². The summed E-state index contributed by atoms with van der Waals surface area (Å²) in [6.45, 7) is 5.74. The second-order valence-corrected chi connectivity index (χ2v) is 10.9. The lowest BCUT2D eigenvalue weighted by Crippen LogP contribution is -2.45. The van der Waals surface area contributed by atoms with Crippen LogP contribution in [0.1, 0.15) is 28.9 Å². The maximum atomic E-state index is 13.3. The molecular formula is C31H38N6O4. The standard InChI is InChI=1S/C31H38N6O4/c1-40-29-5-3-22-16-23(29)18-32-8-9-34-31(39)28-17-25(38)20-37(28)19-24-14-21(15-30-33-7-6-26(22)35-30)2-4-27(24)36-10-12-41-13-11-36/h2-7,14,16,25,28,32,38H,8-13,15,17-20H2,1H3,(H,34,39)/t25-,28+/m1/s1. The third-order valence-corrected chi connectivity index (χ3v) is 8.11. The monoisotopic (exact) mass is 558 g/mol. The number of ether oxygens (including phenoxy) is 2. The number of carbonyl (C=O) groups is 1. The van der Waals surface area contributed by atoms with Crippen LogP contribution in [0.3, 0.4) is 0 Å². The fourth-order valence-electron chi connectivity index (χ4n) is 6.05. The molecule has 0 unspecified atom stereocenters. The zero-order chi connectivity index (χ0) is 28.2. The van der Waals surface area contributed by atoms with Crippen molar-refractivity contribution in [3.05, 3.63) is 71.2 Å². The second kappa shape index (κ2) is 12.5. The fourth-order valence-corrected chi connectivity index (χ4v) is 6.05. The summed E-state index contributed by atoms with van der Waals surface area (Å²) in [7, 11) is 1.67. The lowest BCUT2D eigenvalue weighted by atomic mass is 10.0. The van der Waals surface area contributed by atoms with E-state index in [1.54, 1.807) is 7.11 Å². The van der Waals surface area contributed by atoms with Crippen molar-refractivity contribution in [2.45, 2.75) is 38.1 Å². The van der Waals surface area contributed by atoms with Gasteiger partial charge in [-0.15, -0.1) is 0 Å². The molecule has 2 fully saturated rings. The van der Waals surface area contributed by atoms with Crippen LogP contribution in [0.25, 0.3) is 11.3 Å². The minimum atomic E-state index is -0.535. The summed E-state index contributed by atoms with van der Waals surface area (Å²) in [6.07, 6.45) is 2.30. The first-order valence-corrected chi connectivity index (χ1v) is 14.4. The maximum absolute atomic E-state index is 13.3. The van der Waals surface area contributed by atoms with E-state index in [2.05, 4.69) is 49.7 Å². The highest BCUT2D eigenvalue weighted by molar-refractivity contribution is 5.82. The number of benzene rings is 2. The van der Waals surface area contributed by atoms with Crippen LogP contribution in [0.15, 0.2) is 48.7 Å². The molecule has 3 aliphatic rings. The first-order chi connectivity index (χ1) is 20.1. The summed E-state index contributed by atoms with van der Waals surface area (Å²) in [4.78, 5) is 27.3. The van der Waals surface area contributed by atoms with Crippen LogP contribution in [0.4, 0.5) is 5.69 Å². The molecule has 0 aliphatic carbocycles. The van der Waals surface area contributed by atoms with E-state index in [0.29, 0.717) is 58.8 Å². The Balaban J connectivity index is 1.37. The number of amides is 1. The van der Waals surface area contributed by atoms with Gasteiger partial charge >= 0.3 is 0 Å². The first kappa shape index (κ1) is 27.6. The molecule has 3 aromatic rings. The average Bonchev–Trinajstić information content (AvgIpc) is 3.37. The van der Waals surface area contributed by atoms with Crippen molar-refractivity contribution in [1.82, 2.24) is 25.5 Å². The molecule has 10 heteroatoms. The number of fused-ring (bicyclic) bond motifs is 8. The molecule has 1 amide bonds. The molecule has 6 rings (SSSR count). The number of nitrogens with one attached hydrogen (secondary N) is 2. The Morgan fingerprint density at radius 2 is 1.95 bits per heavy atom. The Hall–Kier alpha value is -3.57. The number of hydrogen-bond acceptors (Lipinski definition) is 9. The van der Waals surface area contributed by atoms with E-state index >= 15 is 0 Å². The molecule has 10 nitrogen and oxygen atoms in total. The predicted octanol–water partition coefficient (Wildman–Crippen LogP) is 1.73. The number of aliphatic hydroxyl groups is 1.